The first-order chi connectivity index (χ1) is 8.58. The molecule has 1 aromatic rings. The summed E-state index contributed by atoms with van der Waals surface area (Å²) in [7, 11) is 2.20. The van der Waals surface area contributed by atoms with E-state index >= 15 is 0 Å². The fourth-order valence-electron chi connectivity index (χ4n) is 2.54. The summed E-state index contributed by atoms with van der Waals surface area (Å²) in [5, 5.41) is 7.88. The van der Waals surface area contributed by atoms with Gasteiger partial charge in [0.05, 0.1) is 6.54 Å². The highest BCUT2D eigenvalue weighted by atomic mass is 15.4. The van der Waals surface area contributed by atoms with E-state index in [4.69, 9.17) is 0 Å². The summed E-state index contributed by atoms with van der Waals surface area (Å²) >= 11 is 0. The molecule has 1 aliphatic heterocycles. The lowest BCUT2D eigenvalue weighted by molar-refractivity contribution is 0.167. The molecule has 2 unspecified atom stereocenters. The number of piperidine rings is 1. The fraction of sp³-hybridized carbons (Fsp3) is 0.846. The summed E-state index contributed by atoms with van der Waals surface area (Å²) in [6.45, 7) is 8.56. The maximum absolute atomic E-state index is 4.33. The van der Waals surface area contributed by atoms with Crippen molar-refractivity contribution >= 4 is 0 Å². The number of hydrogen-bond donors (Lipinski definition) is 1. The maximum atomic E-state index is 4.33. The Labute approximate surface area is 110 Å². The third-order valence-electron chi connectivity index (χ3n) is 3.89. The summed E-state index contributed by atoms with van der Waals surface area (Å²) in [4.78, 5) is 6.76. The van der Waals surface area contributed by atoms with Crippen LogP contribution in [-0.4, -0.2) is 45.3 Å². The molecule has 2 atom stereocenters. The van der Waals surface area contributed by atoms with Crippen LogP contribution in [0.25, 0.3) is 0 Å². The van der Waals surface area contributed by atoms with Crippen LogP contribution in [0.15, 0.2) is 6.33 Å². The maximum Gasteiger partial charge on any atom is 0.141 e. The van der Waals surface area contributed by atoms with Crippen LogP contribution in [0.3, 0.4) is 0 Å². The highest BCUT2D eigenvalue weighted by molar-refractivity contribution is 4.88. The van der Waals surface area contributed by atoms with Crippen molar-refractivity contribution in [1.29, 1.82) is 0 Å². The van der Waals surface area contributed by atoms with Gasteiger partial charge in [-0.1, -0.05) is 0 Å². The van der Waals surface area contributed by atoms with Crippen LogP contribution in [0.5, 0.6) is 0 Å². The van der Waals surface area contributed by atoms with Gasteiger partial charge >= 0.3 is 0 Å². The molecule has 0 radical (unpaired) electrons. The van der Waals surface area contributed by atoms with E-state index in [9.17, 15) is 0 Å². The van der Waals surface area contributed by atoms with E-state index < -0.39 is 0 Å². The molecular formula is C13H25N5. The van der Waals surface area contributed by atoms with Crippen molar-refractivity contribution in [3.8, 4) is 0 Å². The Hall–Kier alpha value is -0.940. The predicted octanol–water partition coefficient (Wildman–Crippen LogP) is 1.43. The van der Waals surface area contributed by atoms with Crippen LogP contribution in [0.2, 0.25) is 0 Å². The second-order valence-electron chi connectivity index (χ2n) is 5.65. The van der Waals surface area contributed by atoms with Gasteiger partial charge in [-0.25, -0.2) is 9.67 Å². The highest BCUT2D eigenvalue weighted by Crippen LogP contribution is 2.15. The molecule has 0 amide bonds. The first-order valence-electron chi connectivity index (χ1n) is 6.90. The Balaban J connectivity index is 1.86. The molecule has 2 heterocycles. The van der Waals surface area contributed by atoms with Gasteiger partial charge < -0.3 is 10.2 Å². The van der Waals surface area contributed by atoms with Crippen LogP contribution >= 0.6 is 0 Å². The standard InChI is InChI=1S/C13H25N5/c1-10(2)18-13(15-9-16-18)8-14-12-5-6-17(4)11(3)7-12/h9-12,14H,5-8H2,1-4H3. The van der Waals surface area contributed by atoms with Crippen molar-refractivity contribution in [2.24, 2.45) is 0 Å². The molecule has 1 aromatic heterocycles. The highest BCUT2D eigenvalue weighted by Gasteiger charge is 2.22. The van der Waals surface area contributed by atoms with Crippen molar-refractivity contribution in [2.45, 2.75) is 58.3 Å². The van der Waals surface area contributed by atoms with Gasteiger partial charge in [0, 0.05) is 18.1 Å². The first-order valence-corrected chi connectivity index (χ1v) is 6.90. The summed E-state index contributed by atoms with van der Waals surface area (Å²) in [5.74, 6) is 1.04. The summed E-state index contributed by atoms with van der Waals surface area (Å²) in [6, 6.07) is 1.65. The number of likely N-dealkylation sites (tertiary alicyclic amines) is 1. The lowest BCUT2D eigenvalue weighted by atomic mass is 9.99. The molecule has 0 saturated carbocycles. The Morgan fingerprint density at radius 3 is 2.94 bits per heavy atom. The van der Waals surface area contributed by atoms with Gasteiger partial charge in [0.2, 0.25) is 0 Å². The normalized spacial score (nSPS) is 25.8. The molecule has 1 fully saturated rings. The minimum Gasteiger partial charge on any atom is -0.307 e. The van der Waals surface area contributed by atoms with Crippen molar-refractivity contribution in [3.05, 3.63) is 12.2 Å². The van der Waals surface area contributed by atoms with Gasteiger partial charge in [-0.05, 0) is 47.2 Å². The number of nitrogens with zero attached hydrogens (tertiary/aromatic N) is 4. The Morgan fingerprint density at radius 2 is 2.28 bits per heavy atom. The van der Waals surface area contributed by atoms with Gasteiger partial charge in [-0.15, -0.1) is 0 Å². The summed E-state index contributed by atoms with van der Waals surface area (Å²) in [5.41, 5.74) is 0. The molecule has 0 aliphatic carbocycles. The van der Waals surface area contributed by atoms with Gasteiger partial charge in [0.15, 0.2) is 0 Å². The lowest BCUT2D eigenvalue weighted by Gasteiger charge is -2.35. The van der Waals surface area contributed by atoms with Crippen LogP contribution < -0.4 is 5.32 Å². The van der Waals surface area contributed by atoms with Gasteiger partial charge in [-0.2, -0.15) is 5.10 Å². The van der Waals surface area contributed by atoms with Crippen molar-refractivity contribution in [3.63, 3.8) is 0 Å². The van der Waals surface area contributed by atoms with Crippen LogP contribution in [0.4, 0.5) is 0 Å². The Kier molecular flexibility index (Phi) is 4.35. The largest absolute Gasteiger partial charge is 0.307 e. The van der Waals surface area contributed by atoms with Crippen molar-refractivity contribution in [1.82, 2.24) is 25.0 Å². The van der Waals surface area contributed by atoms with E-state index in [1.54, 1.807) is 6.33 Å². The van der Waals surface area contributed by atoms with Crippen molar-refractivity contribution in [2.75, 3.05) is 13.6 Å². The number of aromatic nitrogens is 3. The molecule has 0 aromatic carbocycles. The second-order valence-corrected chi connectivity index (χ2v) is 5.65. The lowest BCUT2D eigenvalue weighted by Crippen LogP contribution is -2.45. The Morgan fingerprint density at radius 1 is 1.50 bits per heavy atom. The average Bonchev–Trinajstić information content (AvgIpc) is 2.79. The van der Waals surface area contributed by atoms with Crippen LogP contribution in [0.1, 0.15) is 45.5 Å². The first kappa shape index (κ1) is 13.5. The predicted molar refractivity (Wildman–Crippen MR) is 72.4 cm³/mol. The molecule has 102 valence electrons. The molecule has 5 heteroatoms. The molecule has 0 bridgehead atoms. The smallest absolute Gasteiger partial charge is 0.141 e. The zero-order valence-corrected chi connectivity index (χ0v) is 11.9. The zero-order valence-electron chi connectivity index (χ0n) is 11.9. The minimum absolute atomic E-state index is 0.376. The van der Waals surface area contributed by atoms with E-state index in [0.717, 1.165) is 12.4 Å². The molecular weight excluding hydrogens is 226 g/mol. The summed E-state index contributed by atoms with van der Waals surface area (Å²) < 4.78 is 1.99. The third kappa shape index (κ3) is 3.09. The van der Waals surface area contributed by atoms with E-state index in [1.165, 1.54) is 19.4 Å². The molecule has 0 spiro atoms. The van der Waals surface area contributed by atoms with E-state index in [1.807, 2.05) is 4.68 Å². The molecule has 1 aliphatic rings. The molecule has 2 rings (SSSR count). The number of nitrogens with one attached hydrogen (secondary N) is 1. The molecule has 1 saturated heterocycles. The van der Waals surface area contributed by atoms with E-state index in [2.05, 4.69) is 48.1 Å². The third-order valence-corrected chi connectivity index (χ3v) is 3.89. The Bertz CT molecular complexity index is 373. The molecule has 5 nitrogen and oxygen atoms in total. The minimum atomic E-state index is 0.376. The summed E-state index contributed by atoms with van der Waals surface area (Å²) in [6.07, 6.45) is 4.08. The van der Waals surface area contributed by atoms with Gasteiger partial charge in [0.25, 0.3) is 0 Å². The fourth-order valence-corrected chi connectivity index (χ4v) is 2.54. The topological polar surface area (TPSA) is 46.0 Å². The SMILES string of the molecule is CC1CC(NCc2ncnn2C(C)C)CCN1C. The van der Waals surface area contributed by atoms with E-state index in [0.29, 0.717) is 18.1 Å². The van der Waals surface area contributed by atoms with Crippen LogP contribution in [-0.2, 0) is 6.54 Å². The van der Waals surface area contributed by atoms with Gasteiger partial charge in [0.1, 0.15) is 12.2 Å². The van der Waals surface area contributed by atoms with E-state index in [-0.39, 0.29) is 0 Å². The zero-order chi connectivity index (χ0) is 13.1. The molecule has 18 heavy (non-hydrogen) atoms. The monoisotopic (exact) mass is 251 g/mol. The van der Waals surface area contributed by atoms with Crippen molar-refractivity contribution < 1.29 is 0 Å². The number of hydrogen-bond acceptors (Lipinski definition) is 4. The van der Waals surface area contributed by atoms with Gasteiger partial charge in [-0.3, -0.25) is 0 Å². The quantitative estimate of drug-likeness (QED) is 0.879. The number of rotatable bonds is 4. The molecule has 1 N–H and O–H groups in total. The average molecular weight is 251 g/mol. The van der Waals surface area contributed by atoms with Crippen LogP contribution in [0, 0.1) is 0 Å². The second kappa shape index (κ2) is 5.80.